The summed E-state index contributed by atoms with van der Waals surface area (Å²) in [6.07, 6.45) is 1.89. The van der Waals surface area contributed by atoms with Gasteiger partial charge < -0.3 is 21.1 Å². The molecule has 4 N–H and O–H groups in total. The van der Waals surface area contributed by atoms with Gasteiger partial charge in [-0.05, 0) is 38.3 Å². The average molecular weight is 432 g/mol. The van der Waals surface area contributed by atoms with Crippen molar-refractivity contribution < 1.29 is 9.53 Å². The van der Waals surface area contributed by atoms with Gasteiger partial charge in [-0.25, -0.2) is 9.97 Å². The number of nitrogens with zero attached hydrogens (tertiary/aromatic N) is 2. The number of nitrogen functional groups attached to an aromatic ring is 1. The molecule has 2 atom stereocenters. The zero-order valence-electron chi connectivity index (χ0n) is 18.2. The van der Waals surface area contributed by atoms with E-state index in [2.05, 4.69) is 34.4 Å². The molecule has 162 valence electrons. The number of carbonyl (C=O) groups excluding carboxylic acids is 1. The molecule has 7 nitrogen and oxygen atoms in total. The van der Waals surface area contributed by atoms with E-state index in [9.17, 15) is 4.79 Å². The molecule has 0 spiro atoms. The molecular weight excluding hydrogens is 402 g/mol. The Balaban J connectivity index is 2.06. The fourth-order valence-corrected chi connectivity index (χ4v) is 4.29. The van der Waals surface area contributed by atoms with E-state index in [0.29, 0.717) is 36.2 Å². The van der Waals surface area contributed by atoms with E-state index < -0.39 is 0 Å². The molecule has 1 fully saturated rings. The Labute approximate surface area is 182 Å². The van der Waals surface area contributed by atoms with E-state index in [1.54, 1.807) is 0 Å². The Morgan fingerprint density at radius 2 is 2.10 bits per heavy atom. The van der Waals surface area contributed by atoms with Crippen LogP contribution in [0.2, 0.25) is 5.02 Å². The molecule has 8 heteroatoms. The van der Waals surface area contributed by atoms with Gasteiger partial charge in [-0.1, -0.05) is 25.4 Å². The normalized spacial score (nSPS) is 17.2. The number of halogens is 1. The Bertz CT molecular complexity index is 948. The van der Waals surface area contributed by atoms with Crippen molar-refractivity contribution in [3.63, 3.8) is 0 Å². The molecule has 0 aliphatic carbocycles. The first-order chi connectivity index (χ1) is 14.2. The predicted octanol–water partition coefficient (Wildman–Crippen LogP) is 4.32. The Hall–Kier alpha value is -2.54. The zero-order chi connectivity index (χ0) is 22.0. The third kappa shape index (κ3) is 4.31. The second-order valence-corrected chi connectivity index (χ2v) is 8.40. The SMILES string of the molecule is CCOc1c(C(C)Nc2ncnc(N)c2C(C)C)cc(Cl)c(C)c1C1CNC(=O)C1. The number of amides is 1. The molecule has 30 heavy (non-hydrogen) atoms. The van der Waals surface area contributed by atoms with Gasteiger partial charge in [0, 0.05) is 40.6 Å². The molecule has 2 heterocycles. The highest BCUT2D eigenvalue weighted by Crippen LogP contribution is 2.43. The number of rotatable bonds is 7. The van der Waals surface area contributed by atoms with E-state index in [1.165, 1.54) is 6.33 Å². The average Bonchev–Trinajstić information content (AvgIpc) is 3.10. The van der Waals surface area contributed by atoms with Gasteiger partial charge in [-0.2, -0.15) is 0 Å². The highest BCUT2D eigenvalue weighted by atomic mass is 35.5. The molecule has 1 amide bonds. The van der Waals surface area contributed by atoms with Crippen LogP contribution in [0.15, 0.2) is 12.4 Å². The number of carbonyl (C=O) groups is 1. The second kappa shape index (κ2) is 9.08. The van der Waals surface area contributed by atoms with E-state index >= 15 is 0 Å². The molecule has 1 aliphatic rings. The van der Waals surface area contributed by atoms with Crippen LogP contribution >= 0.6 is 11.6 Å². The number of anilines is 2. The summed E-state index contributed by atoms with van der Waals surface area (Å²) >= 11 is 6.63. The maximum atomic E-state index is 11.9. The summed E-state index contributed by atoms with van der Waals surface area (Å²) in [5.74, 6) is 2.20. The number of aromatic nitrogens is 2. The quantitative estimate of drug-likeness (QED) is 0.603. The third-order valence-corrected chi connectivity index (χ3v) is 5.93. The number of hydrogen-bond acceptors (Lipinski definition) is 6. The first-order valence-electron chi connectivity index (χ1n) is 10.3. The van der Waals surface area contributed by atoms with Gasteiger partial charge in [0.1, 0.15) is 23.7 Å². The fraction of sp³-hybridized carbons (Fsp3) is 0.500. The van der Waals surface area contributed by atoms with Crippen LogP contribution in [0.5, 0.6) is 5.75 Å². The van der Waals surface area contributed by atoms with Gasteiger partial charge in [0.25, 0.3) is 0 Å². The molecule has 0 bridgehead atoms. The summed E-state index contributed by atoms with van der Waals surface area (Å²) in [5, 5.41) is 7.04. The summed E-state index contributed by atoms with van der Waals surface area (Å²) in [5.41, 5.74) is 9.86. The summed E-state index contributed by atoms with van der Waals surface area (Å²) in [4.78, 5) is 20.4. The van der Waals surface area contributed by atoms with Crippen LogP contribution in [-0.2, 0) is 4.79 Å². The van der Waals surface area contributed by atoms with Crippen molar-refractivity contribution in [3.8, 4) is 5.75 Å². The third-order valence-electron chi connectivity index (χ3n) is 5.54. The summed E-state index contributed by atoms with van der Waals surface area (Å²) in [6, 6.07) is 1.78. The highest BCUT2D eigenvalue weighted by Gasteiger charge is 2.31. The highest BCUT2D eigenvalue weighted by molar-refractivity contribution is 6.31. The van der Waals surface area contributed by atoms with Gasteiger partial charge in [-0.15, -0.1) is 0 Å². The smallest absolute Gasteiger partial charge is 0.220 e. The van der Waals surface area contributed by atoms with Crippen molar-refractivity contribution >= 4 is 29.1 Å². The van der Waals surface area contributed by atoms with Crippen LogP contribution in [0, 0.1) is 6.92 Å². The van der Waals surface area contributed by atoms with Gasteiger partial charge in [0.15, 0.2) is 0 Å². The molecule has 2 aromatic rings. The van der Waals surface area contributed by atoms with E-state index in [1.807, 2.05) is 26.8 Å². The molecule has 1 aromatic carbocycles. The molecule has 0 radical (unpaired) electrons. The lowest BCUT2D eigenvalue weighted by molar-refractivity contribution is -0.119. The second-order valence-electron chi connectivity index (χ2n) is 8.00. The van der Waals surface area contributed by atoms with Crippen molar-refractivity contribution in [1.82, 2.24) is 15.3 Å². The van der Waals surface area contributed by atoms with Crippen LogP contribution in [0.3, 0.4) is 0 Å². The lowest BCUT2D eigenvalue weighted by Crippen LogP contribution is -2.17. The molecule has 3 rings (SSSR count). The van der Waals surface area contributed by atoms with E-state index in [4.69, 9.17) is 22.1 Å². The first-order valence-corrected chi connectivity index (χ1v) is 10.7. The minimum absolute atomic E-state index is 0.0321. The van der Waals surface area contributed by atoms with Crippen LogP contribution in [0.4, 0.5) is 11.6 Å². The van der Waals surface area contributed by atoms with Crippen LogP contribution in [0.25, 0.3) is 0 Å². The summed E-state index contributed by atoms with van der Waals surface area (Å²) in [6.45, 7) is 11.2. The van der Waals surface area contributed by atoms with Crippen molar-refractivity contribution in [2.75, 3.05) is 24.2 Å². The minimum atomic E-state index is -0.153. The molecule has 0 saturated carbocycles. The van der Waals surface area contributed by atoms with Gasteiger partial charge in [0.2, 0.25) is 5.91 Å². The van der Waals surface area contributed by atoms with Gasteiger partial charge in [0.05, 0.1) is 12.6 Å². The summed E-state index contributed by atoms with van der Waals surface area (Å²) in [7, 11) is 0. The fourth-order valence-electron chi connectivity index (χ4n) is 4.07. The molecule has 2 unspecified atom stereocenters. The zero-order valence-corrected chi connectivity index (χ0v) is 18.9. The van der Waals surface area contributed by atoms with Crippen molar-refractivity contribution in [1.29, 1.82) is 0 Å². The summed E-state index contributed by atoms with van der Waals surface area (Å²) < 4.78 is 6.12. The number of benzene rings is 1. The molecular formula is C22H30ClN5O2. The standard InChI is InChI=1S/C22H30ClN5O2/c1-6-30-20-15(8-16(23)12(4)19(20)14-7-17(29)25-9-14)13(5)28-22-18(11(2)3)21(24)26-10-27-22/h8,10-11,13-14H,6-7,9H2,1-5H3,(H,25,29)(H3,24,26,27,28). The maximum absolute atomic E-state index is 11.9. The lowest BCUT2D eigenvalue weighted by atomic mass is 9.89. The predicted molar refractivity (Wildman–Crippen MR) is 120 cm³/mol. The van der Waals surface area contributed by atoms with E-state index in [-0.39, 0.29) is 23.8 Å². The lowest BCUT2D eigenvalue weighted by Gasteiger charge is -2.26. The topological polar surface area (TPSA) is 102 Å². The largest absolute Gasteiger partial charge is 0.493 e. The number of ether oxygens (including phenoxy) is 1. The molecule has 1 aromatic heterocycles. The number of nitrogens with two attached hydrogens (primary N) is 1. The minimum Gasteiger partial charge on any atom is -0.493 e. The first kappa shape index (κ1) is 22.2. The molecule has 1 aliphatic heterocycles. The number of nitrogens with one attached hydrogen (secondary N) is 2. The maximum Gasteiger partial charge on any atom is 0.220 e. The van der Waals surface area contributed by atoms with Crippen molar-refractivity contribution in [2.24, 2.45) is 0 Å². The Morgan fingerprint density at radius 1 is 1.37 bits per heavy atom. The monoisotopic (exact) mass is 431 g/mol. The van der Waals surface area contributed by atoms with Gasteiger partial charge in [-0.3, -0.25) is 4.79 Å². The van der Waals surface area contributed by atoms with Crippen LogP contribution < -0.4 is 21.1 Å². The van der Waals surface area contributed by atoms with Gasteiger partial charge >= 0.3 is 0 Å². The van der Waals surface area contributed by atoms with Crippen LogP contribution in [0.1, 0.15) is 74.2 Å². The Kier molecular flexibility index (Phi) is 6.71. The van der Waals surface area contributed by atoms with E-state index in [0.717, 1.165) is 28.0 Å². The van der Waals surface area contributed by atoms with Crippen LogP contribution in [-0.4, -0.2) is 29.0 Å². The number of hydrogen-bond donors (Lipinski definition) is 3. The Morgan fingerprint density at radius 3 is 2.70 bits per heavy atom. The van der Waals surface area contributed by atoms with Crippen molar-refractivity contribution in [2.45, 2.75) is 58.9 Å². The molecule has 1 saturated heterocycles. The van der Waals surface area contributed by atoms with Crippen molar-refractivity contribution in [3.05, 3.63) is 39.7 Å².